The molecule has 0 saturated carbocycles. The van der Waals surface area contributed by atoms with Crippen molar-refractivity contribution in [1.29, 1.82) is 0 Å². The van der Waals surface area contributed by atoms with Crippen molar-refractivity contribution in [2.24, 2.45) is 0 Å². The maximum atomic E-state index is 6.07. The molecule has 2 heterocycles. The molecule has 0 aliphatic carbocycles. The van der Waals surface area contributed by atoms with Gasteiger partial charge in [0.2, 0.25) is 0 Å². The zero-order valence-electron chi connectivity index (χ0n) is 11.3. The first kappa shape index (κ1) is 12.3. The average molecular weight is 226 g/mol. The molecule has 0 aromatic carbocycles. The molecule has 3 nitrogen and oxygen atoms in total. The second-order valence-electron chi connectivity index (χ2n) is 6.43. The summed E-state index contributed by atoms with van der Waals surface area (Å²) in [5.41, 5.74) is 0.469. The molecule has 2 fully saturated rings. The Morgan fingerprint density at radius 2 is 1.69 bits per heavy atom. The summed E-state index contributed by atoms with van der Waals surface area (Å²) in [5.74, 6) is 0. The van der Waals surface area contributed by atoms with Gasteiger partial charge in [0.15, 0.2) is 0 Å². The maximum absolute atomic E-state index is 6.07. The highest BCUT2D eigenvalue weighted by atomic mass is 16.5. The van der Waals surface area contributed by atoms with Gasteiger partial charge in [0.1, 0.15) is 0 Å². The summed E-state index contributed by atoms with van der Waals surface area (Å²) < 4.78 is 6.07. The molecular weight excluding hydrogens is 200 g/mol. The van der Waals surface area contributed by atoms with Crippen LogP contribution in [0.2, 0.25) is 0 Å². The Bertz CT molecular complexity index is 239. The minimum absolute atomic E-state index is 0.161. The molecule has 0 atom stereocenters. The molecule has 0 unspecified atom stereocenters. The Morgan fingerprint density at radius 1 is 1.06 bits per heavy atom. The second kappa shape index (κ2) is 4.28. The molecule has 0 amide bonds. The smallest absolute Gasteiger partial charge is 0.0833 e. The molecule has 2 rings (SSSR count). The van der Waals surface area contributed by atoms with Gasteiger partial charge in [-0.25, -0.2) is 0 Å². The average Bonchev–Trinajstić information content (AvgIpc) is 2.16. The summed E-state index contributed by atoms with van der Waals surface area (Å²) in [4.78, 5) is 4.99. The Morgan fingerprint density at radius 3 is 2.19 bits per heavy atom. The number of likely N-dealkylation sites (N-methyl/N-ethyl adjacent to an activating group) is 1. The molecule has 0 radical (unpaired) electrons. The zero-order chi connectivity index (χ0) is 11.8. The van der Waals surface area contributed by atoms with Crippen LogP contribution in [0.5, 0.6) is 0 Å². The van der Waals surface area contributed by atoms with E-state index >= 15 is 0 Å². The minimum Gasteiger partial charge on any atom is -0.372 e. The van der Waals surface area contributed by atoms with Crippen LogP contribution in [0.1, 0.15) is 33.6 Å². The first-order valence-electron chi connectivity index (χ1n) is 6.49. The molecule has 2 aliphatic heterocycles. The van der Waals surface area contributed by atoms with Gasteiger partial charge in [-0.1, -0.05) is 0 Å². The molecule has 3 heteroatoms. The van der Waals surface area contributed by atoms with Crippen LogP contribution >= 0.6 is 0 Å². The van der Waals surface area contributed by atoms with Crippen LogP contribution in [0.15, 0.2) is 0 Å². The fourth-order valence-electron chi connectivity index (χ4n) is 2.92. The number of nitrogens with zero attached hydrogens (tertiary/aromatic N) is 2. The monoisotopic (exact) mass is 226 g/mol. The third-order valence-corrected chi connectivity index (χ3v) is 4.06. The topological polar surface area (TPSA) is 15.7 Å². The van der Waals surface area contributed by atoms with Crippen molar-refractivity contribution in [3.8, 4) is 0 Å². The van der Waals surface area contributed by atoms with Crippen LogP contribution in [0.3, 0.4) is 0 Å². The number of hydrogen-bond acceptors (Lipinski definition) is 3. The molecule has 0 bridgehead atoms. The van der Waals surface area contributed by atoms with Gasteiger partial charge >= 0.3 is 0 Å². The van der Waals surface area contributed by atoms with E-state index in [2.05, 4.69) is 37.6 Å². The number of rotatable bonds is 0. The van der Waals surface area contributed by atoms with Gasteiger partial charge in [0.25, 0.3) is 0 Å². The molecule has 0 aromatic heterocycles. The van der Waals surface area contributed by atoms with Crippen LogP contribution in [0.25, 0.3) is 0 Å². The second-order valence-corrected chi connectivity index (χ2v) is 6.43. The summed E-state index contributed by atoms with van der Waals surface area (Å²) in [5, 5.41) is 0. The van der Waals surface area contributed by atoms with E-state index in [0.29, 0.717) is 5.54 Å². The van der Waals surface area contributed by atoms with Crippen molar-refractivity contribution in [2.75, 3.05) is 39.8 Å². The van der Waals surface area contributed by atoms with E-state index in [0.717, 1.165) is 19.7 Å². The number of ether oxygens (including phenoxy) is 1. The summed E-state index contributed by atoms with van der Waals surface area (Å²) in [6, 6.07) is 0. The van der Waals surface area contributed by atoms with E-state index in [1.807, 2.05) is 0 Å². The van der Waals surface area contributed by atoms with Crippen molar-refractivity contribution in [3.05, 3.63) is 0 Å². The largest absolute Gasteiger partial charge is 0.372 e. The maximum Gasteiger partial charge on any atom is 0.0833 e. The van der Waals surface area contributed by atoms with E-state index < -0.39 is 0 Å². The van der Waals surface area contributed by atoms with Crippen molar-refractivity contribution in [3.63, 3.8) is 0 Å². The lowest BCUT2D eigenvalue weighted by Gasteiger charge is -2.49. The standard InChI is InChI=1S/C13H26N2O/c1-12(2,3)15-7-5-13(6-8-15)11-14(4)9-10-16-13/h5-11H2,1-4H3. The molecule has 94 valence electrons. The summed E-state index contributed by atoms with van der Waals surface area (Å²) in [7, 11) is 2.21. The third-order valence-electron chi connectivity index (χ3n) is 4.06. The summed E-state index contributed by atoms with van der Waals surface area (Å²) in [6.45, 7) is 12.4. The van der Waals surface area contributed by atoms with Gasteiger partial charge in [-0.3, -0.25) is 4.90 Å². The minimum atomic E-state index is 0.161. The molecular formula is C13H26N2O. The first-order chi connectivity index (χ1) is 7.41. The Hall–Kier alpha value is -0.120. The van der Waals surface area contributed by atoms with E-state index in [1.54, 1.807) is 0 Å². The molecule has 2 saturated heterocycles. The molecule has 0 aromatic rings. The van der Waals surface area contributed by atoms with E-state index in [9.17, 15) is 0 Å². The number of piperidine rings is 1. The molecule has 16 heavy (non-hydrogen) atoms. The predicted molar refractivity (Wildman–Crippen MR) is 66.7 cm³/mol. The predicted octanol–water partition coefficient (Wildman–Crippen LogP) is 1.58. The van der Waals surface area contributed by atoms with Gasteiger partial charge in [-0.15, -0.1) is 0 Å². The lowest BCUT2D eigenvalue weighted by atomic mass is 9.87. The van der Waals surface area contributed by atoms with Crippen LogP contribution in [0.4, 0.5) is 0 Å². The van der Waals surface area contributed by atoms with Crippen molar-refractivity contribution in [1.82, 2.24) is 9.80 Å². The van der Waals surface area contributed by atoms with Crippen LogP contribution in [0, 0.1) is 0 Å². The van der Waals surface area contributed by atoms with Gasteiger partial charge in [0.05, 0.1) is 12.2 Å². The molecule has 1 spiro atoms. The SMILES string of the molecule is CN1CCOC2(CCN(C(C)(C)C)CC2)C1. The van der Waals surface area contributed by atoms with Crippen LogP contribution < -0.4 is 0 Å². The Labute approximate surface area is 99.7 Å². The highest BCUT2D eigenvalue weighted by Gasteiger charge is 2.40. The van der Waals surface area contributed by atoms with Gasteiger partial charge in [-0.05, 0) is 40.7 Å². The zero-order valence-corrected chi connectivity index (χ0v) is 11.3. The van der Waals surface area contributed by atoms with Crippen molar-refractivity contribution >= 4 is 0 Å². The highest BCUT2D eigenvalue weighted by Crippen LogP contribution is 2.32. The lowest BCUT2D eigenvalue weighted by molar-refractivity contribution is -0.137. The fraction of sp³-hybridized carbons (Fsp3) is 1.00. The van der Waals surface area contributed by atoms with Crippen LogP contribution in [-0.2, 0) is 4.74 Å². The van der Waals surface area contributed by atoms with Crippen LogP contribution in [-0.4, -0.2) is 60.8 Å². The first-order valence-corrected chi connectivity index (χ1v) is 6.49. The van der Waals surface area contributed by atoms with Gasteiger partial charge in [0, 0.05) is 31.7 Å². The van der Waals surface area contributed by atoms with Crippen molar-refractivity contribution < 1.29 is 4.74 Å². The normalized spacial score (nSPS) is 28.5. The Balaban J connectivity index is 1.93. The van der Waals surface area contributed by atoms with E-state index in [-0.39, 0.29) is 5.60 Å². The number of likely N-dealkylation sites (tertiary alicyclic amines) is 1. The fourth-order valence-corrected chi connectivity index (χ4v) is 2.92. The summed E-state index contributed by atoms with van der Waals surface area (Å²) in [6.07, 6.45) is 2.38. The number of hydrogen-bond donors (Lipinski definition) is 0. The van der Waals surface area contributed by atoms with Crippen molar-refractivity contribution in [2.45, 2.75) is 44.8 Å². The van der Waals surface area contributed by atoms with Gasteiger partial charge in [-0.2, -0.15) is 0 Å². The van der Waals surface area contributed by atoms with Gasteiger partial charge < -0.3 is 9.64 Å². The molecule has 2 aliphatic rings. The Kier molecular flexibility index (Phi) is 3.30. The van der Waals surface area contributed by atoms with E-state index in [4.69, 9.17) is 4.74 Å². The number of morpholine rings is 1. The quantitative estimate of drug-likeness (QED) is 0.624. The van der Waals surface area contributed by atoms with E-state index in [1.165, 1.54) is 25.9 Å². The highest BCUT2D eigenvalue weighted by molar-refractivity contribution is 4.94. The molecule has 0 N–H and O–H groups in total. The summed E-state index contributed by atoms with van der Waals surface area (Å²) >= 11 is 0. The lowest BCUT2D eigenvalue weighted by Crippen LogP contribution is -2.58. The third kappa shape index (κ3) is 2.58.